The Labute approximate surface area is 177 Å². The van der Waals surface area contributed by atoms with Crippen LogP contribution in [0.4, 0.5) is 0 Å². The summed E-state index contributed by atoms with van der Waals surface area (Å²) in [5, 5.41) is 0. The molecule has 26 heavy (non-hydrogen) atoms. The predicted octanol–water partition coefficient (Wildman–Crippen LogP) is 5.56. The second-order valence-electron chi connectivity index (χ2n) is 9.01. The first-order valence-electron chi connectivity index (χ1n) is 10.0. The molecule has 0 heterocycles. The van der Waals surface area contributed by atoms with E-state index < -0.39 is 0 Å². The summed E-state index contributed by atoms with van der Waals surface area (Å²) < 4.78 is 8.37. The molecule has 6 rings (SSSR count). The van der Waals surface area contributed by atoms with Crippen molar-refractivity contribution in [1.29, 1.82) is 0 Å². The number of hydrogen-bond acceptors (Lipinski definition) is 1. The molecule has 2 aromatic rings. The standard InChI is InChI=1S/C13H11O.C10H15.BrH.Mg/c1-3-7-12(8-4-1)11-14-13-9-5-2-6-10-13;1-7-2-9-4-8(1)5-10(3-7)6-9;;/h1,3-10H,11H2;7-9H,1-6H2;1H;. The summed E-state index contributed by atoms with van der Waals surface area (Å²) in [4.78, 5) is 0. The third kappa shape index (κ3) is 4.00. The number of benzene rings is 2. The Kier molecular flexibility index (Phi) is 5.68. The molecule has 134 valence electrons. The van der Waals surface area contributed by atoms with Crippen LogP contribution in [0.1, 0.15) is 44.1 Å². The molecule has 4 saturated carbocycles. The topological polar surface area (TPSA) is 9.23 Å². The summed E-state index contributed by atoms with van der Waals surface area (Å²) in [5.41, 5.74) is 1.23. The van der Waals surface area contributed by atoms with Gasteiger partial charge in [0.25, 0.3) is 0 Å². The van der Waals surface area contributed by atoms with E-state index in [4.69, 9.17) is 4.74 Å². The Morgan fingerprint density at radius 1 is 0.808 bits per heavy atom. The summed E-state index contributed by atoms with van der Waals surface area (Å²) in [6.07, 6.45) is 9.33. The van der Waals surface area contributed by atoms with Gasteiger partial charge in [-0.3, -0.25) is 0 Å². The molecule has 3 heteroatoms. The zero-order valence-corrected chi connectivity index (χ0v) is 18.5. The molecule has 0 saturated heterocycles. The van der Waals surface area contributed by atoms with Crippen LogP contribution in [-0.4, -0.2) is 20.4 Å². The average Bonchev–Trinajstić information content (AvgIpc) is 2.60. The van der Waals surface area contributed by atoms with Gasteiger partial charge in [-0.05, 0) is 54.7 Å². The van der Waals surface area contributed by atoms with Crippen LogP contribution in [0.3, 0.4) is 0 Å². The van der Waals surface area contributed by atoms with E-state index in [1.807, 2.05) is 6.07 Å². The lowest BCUT2D eigenvalue weighted by atomic mass is 9.55. The third-order valence-electron chi connectivity index (χ3n) is 6.92. The van der Waals surface area contributed by atoms with Crippen molar-refractivity contribution >= 4 is 41.0 Å². The highest BCUT2D eigenvalue weighted by atomic mass is 79.9. The van der Waals surface area contributed by atoms with Gasteiger partial charge < -0.3 is 4.74 Å². The first-order valence-corrected chi connectivity index (χ1v) is 11.4. The van der Waals surface area contributed by atoms with Crippen molar-refractivity contribution < 1.29 is 4.74 Å². The minimum atomic E-state index is -0.182. The molecule has 1 nitrogen and oxygen atoms in total. The van der Waals surface area contributed by atoms with Crippen molar-refractivity contribution in [1.82, 2.24) is 0 Å². The third-order valence-corrected chi connectivity index (χ3v) is 9.41. The lowest BCUT2D eigenvalue weighted by Crippen LogP contribution is -2.47. The average molecular weight is 424 g/mol. The fraction of sp³-hybridized carbons (Fsp3) is 0.478. The number of hydrogen-bond donors (Lipinski definition) is 0. The van der Waals surface area contributed by atoms with Crippen LogP contribution >= 0.6 is 17.0 Å². The Morgan fingerprint density at radius 3 is 1.96 bits per heavy atom. The summed E-state index contributed by atoms with van der Waals surface area (Å²) in [7, 11) is 0. The SMILES string of the molecule is Br.c1ccc(COc2cc[c]([Mg][C]34CC5CC(CC(C5)C3)C4)cc2)cc1. The van der Waals surface area contributed by atoms with Crippen molar-refractivity contribution in [2.24, 2.45) is 17.8 Å². The van der Waals surface area contributed by atoms with Gasteiger partial charge in [0, 0.05) is 0 Å². The van der Waals surface area contributed by atoms with Crippen molar-refractivity contribution in [3.63, 3.8) is 0 Å². The van der Waals surface area contributed by atoms with Gasteiger partial charge >= 0.3 is 20.4 Å². The maximum atomic E-state index is 5.96. The summed E-state index contributed by atoms with van der Waals surface area (Å²) in [5.74, 6) is 4.24. The van der Waals surface area contributed by atoms with Crippen LogP contribution < -0.4 is 8.43 Å². The van der Waals surface area contributed by atoms with Crippen LogP contribution in [-0.2, 0) is 6.61 Å². The lowest BCUT2D eigenvalue weighted by Gasteiger charge is -2.58. The first kappa shape index (κ1) is 18.8. The maximum Gasteiger partial charge on any atom is 0.417 e. The molecule has 4 bridgehead atoms. The first-order chi connectivity index (χ1) is 12.3. The van der Waals surface area contributed by atoms with E-state index in [-0.39, 0.29) is 37.3 Å². The van der Waals surface area contributed by atoms with E-state index in [1.165, 1.54) is 5.56 Å². The molecule has 0 unspecified atom stereocenters. The molecule has 0 atom stereocenters. The molecule has 4 aliphatic rings. The Morgan fingerprint density at radius 2 is 1.38 bits per heavy atom. The molecule has 4 fully saturated rings. The minimum absolute atomic E-state index is 0. The quantitative estimate of drug-likeness (QED) is 0.572. The van der Waals surface area contributed by atoms with E-state index >= 15 is 0 Å². The minimum Gasteiger partial charge on any atom is -0.489 e. The van der Waals surface area contributed by atoms with Crippen molar-refractivity contribution in [2.75, 3.05) is 0 Å². The predicted molar refractivity (Wildman–Crippen MR) is 114 cm³/mol. The molecular formula is C23H27BrMgO. The van der Waals surface area contributed by atoms with Crippen molar-refractivity contribution in [2.45, 2.75) is 48.7 Å². The largest absolute Gasteiger partial charge is 0.489 e. The molecular weight excluding hydrogens is 396 g/mol. The van der Waals surface area contributed by atoms with Gasteiger partial charge in [-0.2, -0.15) is 3.69 Å². The maximum absolute atomic E-state index is 5.96. The number of halogens is 1. The lowest BCUT2D eigenvalue weighted by molar-refractivity contribution is 0.0292. The van der Waals surface area contributed by atoms with E-state index in [1.54, 1.807) is 42.2 Å². The highest BCUT2D eigenvalue weighted by molar-refractivity contribution is 8.93. The van der Waals surface area contributed by atoms with Crippen LogP contribution in [0, 0.1) is 17.8 Å². The van der Waals surface area contributed by atoms with Gasteiger partial charge in [-0.1, -0.05) is 61.7 Å². The zero-order valence-electron chi connectivity index (χ0n) is 15.4. The van der Waals surface area contributed by atoms with E-state index in [0.717, 1.165) is 27.0 Å². The van der Waals surface area contributed by atoms with Crippen LogP contribution in [0.25, 0.3) is 0 Å². The van der Waals surface area contributed by atoms with Crippen LogP contribution in [0.15, 0.2) is 54.6 Å². The fourth-order valence-electron chi connectivity index (χ4n) is 6.38. The zero-order chi connectivity index (χ0) is 16.7. The second-order valence-corrected chi connectivity index (χ2v) is 11.7. The molecule has 4 aliphatic carbocycles. The normalized spacial score (nSPS) is 31.2. The highest BCUT2D eigenvalue weighted by Gasteiger charge is 2.50. The van der Waals surface area contributed by atoms with Crippen molar-refractivity contribution in [3.8, 4) is 5.75 Å². The van der Waals surface area contributed by atoms with Gasteiger partial charge in [0.15, 0.2) is 0 Å². The summed E-state index contributed by atoms with van der Waals surface area (Å²) in [6.45, 7) is 0.659. The Hall–Kier alpha value is -0.514. The molecule has 0 radical (unpaired) electrons. The monoisotopic (exact) mass is 422 g/mol. The summed E-state index contributed by atoms with van der Waals surface area (Å²) >= 11 is -0.182. The molecule has 0 amide bonds. The van der Waals surface area contributed by atoms with E-state index in [9.17, 15) is 0 Å². The Bertz CT molecular complexity index is 692. The molecule has 0 aliphatic heterocycles. The molecule has 0 spiro atoms. The molecule has 0 aromatic heterocycles. The van der Waals surface area contributed by atoms with Gasteiger partial charge in [0.1, 0.15) is 12.4 Å². The van der Waals surface area contributed by atoms with E-state index in [2.05, 4.69) is 48.5 Å². The second kappa shape index (κ2) is 7.85. The molecule has 0 N–H and O–H groups in total. The Balaban J connectivity index is 0.00000168. The fourth-order valence-corrected chi connectivity index (χ4v) is 9.38. The van der Waals surface area contributed by atoms with Crippen LogP contribution in [0.5, 0.6) is 5.75 Å². The number of rotatable bonds is 5. The van der Waals surface area contributed by atoms with Gasteiger partial charge in [0.2, 0.25) is 0 Å². The smallest absolute Gasteiger partial charge is 0.417 e. The van der Waals surface area contributed by atoms with E-state index in [0.29, 0.717) is 6.61 Å². The van der Waals surface area contributed by atoms with Crippen molar-refractivity contribution in [3.05, 3.63) is 60.2 Å². The summed E-state index contributed by atoms with van der Waals surface area (Å²) in [6, 6.07) is 19.6. The van der Waals surface area contributed by atoms with Gasteiger partial charge in [-0.15, -0.1) is 20.5 Å². The van der Waals surface area contributed by atoms with Gasteiger partial charge in [0.05, 0.1) is 0 Å². The highest BCUT2D eigenvalue weighted by Crippen LogP contribution is 2.63. The van der Waals surface area contributed by atoms with Crippen LogP contribution in [0.2, 0.25) is 3.54 Å². The number of ether oxygens (including phenoxy) is 1. The molecule has 2 aromatic carbocycles. The van der Waals surface area contributed by atoms with Gasteiger partial charge in [-0.25, -0.2) is 0 Å².